The van der Waals surface area contributed by atoms with Gasteiger partial charge in [0.1, 0.15) is 5.75 Å². The smallest absolute Gasteiger partial charge is 0.252 e. The number of hydrogen-bond donors (Lipinski definition) is 1. The number of nitrogens with zero attached hydrogens (tertiary/aromatic N) is 5. The molecule has 8 nitrogen and oxygen atoms in total. The molecule has 200 valence electrons. The topological polar surface area (TPSA) is 88.9 Å². The molecule has 0 saturated heterocycles. The number of aryl methyl sites for hydroxylation is 1. The summed E-state index contributed by atoms with van der Waals surface area (Å²) in [5.74, 6) is 1.53. The molecule has 0 unspecified atom stereocenters. The van der Waals surface area contributed by atoms with Crippen molar-refractivity contribution in [2.24, 2.45) is 0 Å². The second kappa shape index (κ2) is 11.8. The van der Waals surface area contributed by atoms with E-state index in [2.05, 4.69) is 38.4 Å². The Morgan fingerprint density at radius 1 is 1.03 bits per heavy atom. The van der Waals surface area contributed by atoms with Gasteiger partial charge in [-0.15, -0.1) is 5.10 Å². The number of rotatable bonds is 10. The fraction of sp³-hybridized carbons (Fsp3) is 0.267. The lowest BCUT2D eigenvalue weighted by atomic mass is 10.1. The summed E-state index contributed by atoms with van der Waals surface area (Å²) in [5, 5.41) is 14.5. The third-order valence-corrected chi connectivity index (χ3v) is 7.33. The number of tetrazole rings is 1. The summed E-state index contributed by atoms with van der Waals surface area (Å²) in [4.78, 5) is 18.4. The highest BCUT2D eigenvalue weighted by Gasteiger charge is 2.26. The molecule has 5 aromatic rings. The molecule has 39 heavy (non-hydrogen) atoms. The van der Waals surface area contributed by atoms with Gasteiger partial charge in [0, 0.05) is 29.2 Å². The molecular formula is C30H31ClN6O2. The molecule has 3 aromatic carbocycles. The van der Waals surface area contributed by atoms with Crippen LogP contribution in [0.2, 0.25) is 5.02 Å². The van der Waals surface area contributed by atoms with Crippen molar-refractivity contribution in [1.82, 2.24) is 30.1 Å². The number of ether oxygens (including phenoxy) is 1. The predicted molar refractivity (Wildman–Crippen MR) is 153 cm³/mol. The van der Waals surface area contributed by atoms with Crippen LogP contribution in [-0.4, -0.2) is 37.2 Å². The van der Waals surface area contributed by atoms with Crippen LogP contribution in [0.3, 0.4) is 0 Å². The van der Waals surface area contributed by atoms with Gasteiger partial charge >= 0.3 is 0 Å². The van der Waals surface area contributed by atoms with E-state index in [0.717, 1.165) is 45.6 Å². The average molecular weight is 543 g/mol. The molecule has 0 aliphatic rings. The van der Waals surface area contributed by atoms with Gasteiger partial charge in [0.05, 0.1) is 19.7 Å². The van der Waals surface area contributed by atoms with Crippen LogP contribution in [0.1, 0.15) is 47.5 Å². The highest BCUT2D eigenvalue weighted by atomic mass is 35.5. The van der Waals surface area contributed by atoms with Crippen molar-refractivity contribution in [2.45, 2.75) is 45.9 Å². The Kier molecular flexibility index (Phi) is 8.05. The van der Waals surface area contributed by atoms with Gasteiger partial charge in [0.25, 0.3) is 5.56 Å². The van der Waals surface area contributed by atoms with E-state index in [-0.39, 0.29) is 11.6 Å². The molecule has 0 bridgehead atoms. The predicted octanol–water partition coefficient (Wildman–Crippen LogP) is 5.69. The highest BCUT2D eigenvalue weighted by Crippen LogP contribution is 2.29. The van der Waals surface area contributed by atoms with Crippen molar-refractivity contribution in [3.8, 4) is 5.75 Å². The molecule has 0 fully saturated rings. The molecule has 0 saturated carbocycles. The summed E-state index contributed by atoms with van der Waals surface area (Å²) in [6.45, 7) is 5.59. The molecule has 2 heterocycles. The van der Waals surface area contributed by atoms with Gasteiger partial charge < -0.3 is 9.72 Å². The Labute approximate surface area is 232 Å². The molecule has 5 rings (SSSR count). The van der Waals surface area contributed by atoms with Crippen molar-refractivity contribution in [2.75, 3.05) is 7.11 Å². The van der Waals surface area contributed by atoms with Crippen LogP contribution in [-0.2, 0) is 19.6 Å². The molecule has 9 heteroatoms. The van der Waals surface area contributed by atoms with Crippen molar-refractivity contribution in [3.63, 3.8) is 0 Å². The zero-order valence-corrected chi connectivity index (χ0v) is 23.0. The number of nitrogens with one attached hydrogen (secondary N) is 1. The summed E-state index contributed by atoms with van der Waals surface area (Å²) >= 11 is 6.58. The van der Waals surface area contributed by atoms with E-state index < -0.39 is 0 Å². The van der Waals surface area contributed by atoms with Crippen molar-refractivity contribution < 1.29 is 4.74 Å². The van der Waals surface area contributed by atoms with E-state index in [1.807, 2.05) is 78.3 Å². The van der Waals surface area contributed by atoms with E-state index in [4.69, 9.17) is 16.3 Å². The molecule has 0 spiro atoms. The van der Waals surface area contributed by atoms with Gasteiger partial charge in [-0.3, -0.25) is 9.69 Å². The Morgan fingerprint density at radius 2 is 1.79 bits per heavy atom. The minimum Gasteiger partial charge on any atom is -0.497 e. The zero-order chi connectivity index (χ0) is 27.4. The lowest BCUT2D eigenvalue weighted by Crippen LogP contribution is -2.32. The van der Waals surface area contributed by atoms with Crippen molar-refractivity contribution >= 4 is 22.5 Å². The van der Waals surface area contributed by atoms with Gasteiger partial charge in [0.15, 0.2) is 5.82 Å². The Morgan fingerprint density at radius 3 is 2.54 bits per heavy atom. The van der Waals surface area contributed by atoms with E-state index in [1.165, 1.54) is 0 Å². The molecule has 0 aliphatic carbocycles. The maximum absolute atomic E-state index is 13.2. The second-order valence-electron chi connectivity index (χ2n) is 9.68. The maximum atomic E-state index is 13.2. The summed E-state index contributed by atoms with van der Waals surface area (Å²) in [6.07, 6.45) is 0.734. The van der Waals surface area contributed by atoms with Gasteiger partial charge in [-0.05, 0) is 76.7 Å². The van der Waals surface area contributed by atoms with Gasteiger partial charge in [0.2, 0.25) is 0 Å². The van der Waals surface area contributed by atoms with Gasteiger partial charge in [-0.1, -0.05) is 60.5 Å². The lowest BCUT2D eigenvalue weighted by Gasteiger charge is -2.30. The van der Waals surface area contributed by atoms with Gasteiger partial charge in [-0.25, -0.2) is 4.68 Å². The van der Waals surface area contributed by atoms with Crippen molar-refractivity contribution in [3.05, 3.63) is 116 Å². The first-order valence-electron chi connectivity index (χ1n) is 12.9. The van der Waals surface area contributed by atoms with Crippen LogP contribution in [0, 0.1) is 6.92 Å². The van der Waals surface area contributed by atoms with E-state index >= 15 is 0 Å². The summed E-state index contributed by atoms with van der Waals surface area (Å²) in [6, 6.07) is 23.5. The summed E-state index contributed by atoms with van der Waals surface area (Å²) < 4.78 is 7.11. The standard InChI is InChI=1S/C30H31ClN6O2/c1-4-28(29-33-34-35-37(29)17-21-10-12-25(39-3)13-11-21)36(18-22-7-5-6-8-26(22)31)19-24-16-23-15-20(2)9-14-27(23)32-30(24)38/h5-16,28H,4,17-19H2,1-3H3,(H,32,38)/t28-/m0/s1. The minimum atomic E-state index is -0.165. The lowest BCUT2D eigenvalue weighted by molar-refractivity contribution is 0.161. The number of aromatic amines is 1. The SMILES string of the molecule is CC[C@@H](c1nnnn1Cc1ccc(OC)cc1)N(Cc1ccccc1Cl)Cc1cc2cc(C)ccc2[nH]c1=O. The highest BCUT2D eigenvalue weighted by molar-refractivity contribution is 6.31. The van der Waals surface area contributed by atoms with E-state index in [9.17, 15) is 4.79 Å². The Balaban J connectivity index is 1.52. The molecular weight excluding hydrogens is 512 g/mol. The molecule has 0 aliphatic heterocycles. The van der Waals surface area contributed by atoms with E-state index in [1.54, 1.807) is 7.11 Å². The monoisotopic (exact) mass is 542 g/mol. The first kappa shape index (κ1) is 26.6. The number of H-pyrrole nitrogens is 1. The van der Waals surface area contributed by atoms with Gasteiger partial charge in [-0.2, -0.15) is 0 Å². The maximum Gasteiger partial charge on any atom is 0.252 e. The largest absolute Gasteiger partial charge is 0.497 e. The number of methoxy groups -OCH3 is 1. The molecule has 2 aromatic heterocycles. The molecule has 0 amide bonds. The summed E-state index contributed by atoms with van der Waals surface area (Å²) in [5.41, 5.74) is 4.55. The number of fused-ring (bicyclic) bond motifs is 1. The number of aromatic nitrogens is 5. The van der Waals surface area contributed by atoms with Crippen LogP contribution >= 0.6 is 11.6 Å². The third kappa shape index (κ3) is 6.02. The minimum absolute atomic E-state index is 0.108. The summed E-state index contributed by atoms with van der Waals surface area (Å²) in [7, 11) is 1.65. The quantitative estimate of drug-likeness (QED) is 0.244. The Hall–Kier alpha value is -4.01. The van der Waals surface area contributed by atoms with Crippen molar-refractivity contribution in [1.29, 1.82) is 0 Å². The third-order valence-electron chi connectivity index (χ3n) is 6.96. The van der Waals surface area contributed by atoms with E-state index in [0.29, 0.717) is 30.2 Å². The Bertz CT molecular complexity index is 1630. The number of hydrogen-bond acceptors (Lipinski definition) is 6. The molecule has 1 N–H and O–H groups in total. The van der Waals surface area contributed by atoms with Crippen LogP contribution in [0.25, 0.3) is 10.9 Å². The number of benzene rings is 3. The van der Waals surface area contributed by atoms with Crippen LogP contribution in [0.4, 0.5) is 0 Å². The first-order valence-corrected chi connectivity index (χ1v) is 13.3. The normalized spacial score (nSPS) is 12.2. The van der Waals surface area contributed by atoms with Crippen LogP contribution in [0.5, 0.6) is 5.75 Å². The average Bonchev–Trinajstić information content (AvgIpc) is 3.39. The fourth-order valence-electron chi connectivity index (χ4n) is 4.90. The first-order chi connectivity index (χ1) is 18.9. The zero-order valence-electron chi connectivity index (χ0n) is 22.3. The van der Waals surface area contributed by atoms with Crippen LogP contribution in [0.15, 0.2) is 77.6 Å². The molecule has 1 atom stereocenters. The number of pyridine rings is 1. The second-order valence-corrected chi connectivity index (χ2v) is 10.1. The fourth-order valence-corrected chi connectivity index (χ4v) is 5.10. The van der Waals surface area contributed by atoms with Crippen LogP contribution < -0.4 is 10.3 Å². The molecule has 0 radical (unpaired) electrons. The number of halogens is 1.